The molecule has 6 nitrogen and oxygen atoms in total. The Kier molecular flexibility index (Phi) is 6.29. The minimum Gasteiger partial charge on any atom is -0.379 e. The summed E-state index contributed by atoms with van der Waals surface area (Å²) >= 11 is 0. The predicted molar refractivity (Wildman–Crippen MR) is 107 cm³/mol. The Morgan fingerprint density at radius 2 is 1.85 bits per heavy atom. The van der Waals surface area contributed by atoms with Crippen molar-refractivity contribution in [3.8, 4) is 5.69 Å². The molecule has 1 aromatic carbocycles. The monoisotopic (exact) mass is 370 g/mol. The molecule has 1 atom stereocenters. The van der Waals surface area contributed by atoms with Crippen LogP contribution in [0.4, 0.5) is 0 Å². The molecular formula is C21H30N4O2. The number of rotatable bonds is 6. The lowest BCUT2D eigenvalue weighted by atomic mass is 10.0. The summed E-state index contributed by atoms with van der Waals surface area (Å²) in [5.41, 5.74) is 3.77. The molecule has 1 aliphatic heterocycles. The van der Waals surface area contributed by atoms with E-state index < -0.39 is 0 Å². The Bertz CT molecular complexity index is 761. The number of hydrogen-bond donors (Lipinski definition) is 1. The van der Waals surface area contributed by atoms with Crippen molar-refractivity contribution in [1.82, 2.24) is 20.0 Å². The molecule has 1 N–H and O–H groups in total. The second-order valence-electron chi connectivity index (χ2n) is 7.55. The first kappa shape index (κ1) is 19.6. The fraction of sp³-hybridized carbons (Fsp3) is 0.524. The van der Waals surface area contributed by atoms with Crippen LogP contribution >= 0.6 is 0 Å². The maximum Gasteiger partial charge on any atom is 0.254 e. The minimum atomic E-state index is -0.0582. The number of morpholine rings is 1. The molecule has 3 rings (SSSR count). The zero-order valence-corrected chi connectivity index (χ0v) is 16.7. The Labute approximate surface area is 161 Å². The number of carbonyl (C=O) groups is 1. The molecule has 0 radical (unpaired) electrons. The molecule has 27 heavy (non-hydrogen) atoms. The summed E-state index contributed by atoms with van der Waals surface area (Å²) in [5, 5.41) is 7.59. The van der Waals surface area contributed by atoms with E-state index in [2.05, 4.69) is 55.1 Å². The van der Waals surface area contributed by atoms with Crippen LogP contribution in [0.15, 0.2) is 30.5 Å². The molecular weight excluding hydrogens is 340 g/mol. The van der Waals surface area contributed by atoms with Gasteiger partial charge < -0.3 is 10.1 Å². The summed E-state index contributed by atoms with van der Waals surface area (Å²) in [6, 6.07) is 8.48. The molecule has 1 fully saturated rings. The average molecular weight is 370 g/mol. The Morgan fingerprint density at radius 3 is 2.48 bits per heavy atom. The number of amides is 1. The summed E-state index contributed by atoms with van der Waals surface area (Å²) in [4.78, 5) is 15.2. The molecule has 146 valence electrons. The fourth-order valence-corrected chi connectivity index (χ4v) is 3.46. The largest absolute Gasteiger partial charge is 0.379 e. The topological polar surface area (TPSA) is 59.4 Å². The number of nitrogens with one attached hydrogen (secondary N) is 1. The zero-order valence-electron chi connectivity index (χ0n) is 16.7. The summed E-state index contributed by atoms with van der Waals surface area (Å²) in [6.07, 6.45) is 1.68. The second kappa shape index (κ2) is 8.67. The lowest BCUT2D eigenvalue weighted by molar-refractivity contribution is 0.0204. The highest BCUT2D eigenvalue weighted by Gasteiger charge is 2.22. The van der Waals surface area contributed by atoms with Crippen LogP contribution < -0.4 is 5.32 Å². The van der Waals surface area contributed by atoms with Crippen LogP contribution in [0.5, 0.6) is 0 Å². The van der Waals surface area contributed by atoms with Gasteiger partial charge >= 0.3 is 0 Å². The van der Waals surface area contributed by atoms with Crippen LogP contribution in [0.1, 0.15) is 48.3 Å². The number of ether oxygens (including phenoxy) is 1. The van der Waals surface area contributed by atoms with E-state index in [1.165, 1.54) is 5.56 Å². The van der Waals surface area contributed by atoms with Crippen LogP contribution in [-0.2, 0) is 4.74 Å². The van der Waals surface area contributed by atoms with Gasteiger partial charge in [0, 0.05) is 25.7 Å². The first-order valence-corrected chi connectivity index (χ1v) is 9.72. The van der Waals surface area contributed by atoms with Gasteiger partial charge in [-0.15, -0.1) is 0 Å². The third-order valence-electron chi connectivity index (χ3n) is 5.10. The Hall–Kier alpha value is -2.18. The van der Waals surface area contributed by atoms with Gasteiger partial charge in [-0.25, -0.2) is 4.68 Å². The molecule has 1 saturated heterocycles. The smallest absolute Gasteiger partial charge is 0.254 e. The van der Waals surface area contributed by atoms with Crippen molar-refractivity contribution >= 4 is 5.91 Å². The maximum absolute atomic E-state index is 12.8. The van der Waals surface area contributed by atoms with Crippen molar-refractivity contribution in [3.63, 3.8) is 0 Å². The lowest BCUT2D eigenvalue weighted by Crippen LogP contribution is -2.47. The Balaban J connectivity index is 1.73. The van der Waals surface area contributed by atoms with Gasteiger partial charge in [0.1, 0.15) is 0 Å². The number of benzene rings is 1. The summed E-state index contributed by atoms with van der Waals surface area (Å²) in [7, 11) is 0. The number of aryl methyl sites for hydroxylation is 1. The fourth-order valence-electron chi connectivity index (χ4n) is 3.46. The third-order valence-corrected chi connectivity index (χ3v) is 5.10. The van der Waals surface area contributed by atoms with Crippen LogP contribution in [0.2, 0.25) is 0 Å². The predicted octanol–water partition coefficient (Wildman–Crippen LogP) is 2.75. The molecule has 0 aliphatic carbocycles. The van der Waals surface area contributed by atoms with E-state index in [0.717, 1.165) is 37.7 Å². The first-order chi connectivity index (χ1) is 13.0. The van der Waals surface area contributed by atoms with E-state index in [9.17, 15) is 4.79 Å². The molecule has 2 aromatic rings. The molecule has 0 saturated carbocycles. The van der Waals surface area contributed by atoms with Gasteiger partial charge in [-0.3, -0.25) is 9.69 Å². The van der Waals surface area contributed by atoms with E-state index >= 15 is 0 Å². The highest BCUT2D eigenvalue weighted by atomic mass is 16.5. The summed E-state index contributed by atoms with van der Waals surface area (Å²) in [6.45, 7) is 12.4. The van der Waals surface area contributed by atoms with Crippen molar-refractivity contribution < 1.29 is 9.53 Å². The normalized spacial score (nSPS) is 16.5. The first-order valence-electron chi connectivity index (χ1n) is 9.72. The molecule has 0 spiro atoms. The molecule has 2 heterocycles. The van der Waals surface area contributed by atoms with Gasteiger partial charge in [0.05, 0.1) is 36.4 Å². The molecule has 1 amide bonds. The van der Waals surface area contributed by atoms with Crippen LogP contribution in [-0.4, -0.2) is 59.5 Å². The van der Waals surface area contributed by atoms with Gasteiger partial charge in [-0.2, -0.15) is 5.10 Å². The van der Waals surface area contributed by atoms with Crippen molar-refractivity contribution in [3.05, 3.63) is 47.3 Å². The van der Waals surface area contributed by atoms with Crippen molar-refractivity contribution in [1.29, 1.82) is 0 Å². The van der Waals surface area contributed by atoms with Crippen LogP contribution in [0, 0.1) is 6.92 Å². The number of aromatic nitrogens is 2. The second-order valence-corrected chi connectivity index (χ2v) is 7.55. The number of carbonyl (C=O) groups excluding carboxylic acids is 1. The van der Waals surface area contributed by atoms with E-state index in [1.807, 2.05) is 16.8 Å². The van der Waals surface area contributed by atoms with Gasteiger partial charge in [-0.1, -0.05) is 31.5 Å². The molecule has 6 heteroatoms. The minimum absolute atomic E-state index is 0.0582. The van der Waals surface area contributed by atoms with Crippen molar-refractivity contribution in [2.75, 3.05) is 32.8 Å². The van der Waals surface area contributed by atoms with E-state index in [-0.39, 0.29) is 17.9 Å². The third kappa shape index (κ3) is 4.57. The van der Waals surface area contributed by atoms with Gasteiger partial charge in [-0.05, 0) is 31.9 Å². The zero-order chi connectivity index (χ0) is 19.4. The average Bonchev–Trinajstić information content (AvgIpc) is 3.12. The van der Waals surface area contributed by atoms with E-state index in [1.54, 1.807) is 6.20 Å². The van der Waals surface area contributed by atoms with Crippen molar-refractivity contribution in [2.24, 2.45) is 0 Å². The van der Waals surface area contributed by atoms with Crippen LogP contribution in [0.3, 0.4) is 0 Å². The summed E-state index contributed by atoms with van der Waals surface area (Å²) < 4.78 is 7.28. The van der Waals surface area contributed by atoms with Gasteiger partial charge in [0.25, 0.3) is 5.91 Å². The molecule has 1 aliphatic rings. The highest BCUT2D eigenvalue weighted by Crippen LogP contribution is 2.23. The SMILES string of the molecule is Cc1ccc(-n2ncc(C(=O)NCC(C)N3CCOCC3)c2C(C)C)cc1. The van der Waals surface area contributed by atoms with Crippen LogP contribution in [0.25, 0.3) is 5.69 Å². The maximum atomic E-state index is 12.8. The van der Waals surface area contributed by atoms with E-state index in [4.69, 9.17) is 4.74 Å². The molecule has 1 aromatic heterocycles. The summed E-state index contributed by atoms with van der Waals surface area (Å²) in [5.74, 6) is 0.128. The molecule has 0 bridgehead atoms. The standard InChI is InChI=1S/C21H30N4O2/c1-15(2)20-19(14-23-25(20)18-7-5-16(3)6-8-18)21(26)22-13-17(4)24-9-11-27-12-10-24/h5-8,14-15,17H,9-13H2,1-4H3,(H,22,26). The number of nitrogens with zero attached hydrogens (tertiary/aromatic N) is 3. The van der Waals surface area contributed by atoms with Gasteiger partial charge in [0.15, 0.2) is 0 Å². The van der Waals surface area contributed by atoms with Crippen molar-refractivity contribution in [2.45, 2.75) is 39.7 Å². The lowest BCUT2D eigenvalue weighted by Gasteiger charge is -2.32. The van der Waals surface area contributed by atoms with E-state index in [0.29, 0.717) is 12.1 Å². The Morgan fingerprint density at radius 1 is 1.19 bits per heavy atom. The molecule has 1 unspecified atom stereocenters. The highest BCUT2D eigenvalue weighted by molar-refractivity contribution is 5.95. The number of hydrogen-bond acceptors (Lipinski definition) is 4. The van der Waals surface area contributed by atoms with Gasteiger partial charge in [0.2, 0.25) is 0 Å². The quantitative estimate of drug-likeness (QED) is 0.849.